The van der Waals surface area contributed by atoms with Gasteiger partial charge in [-0.15, -0.1) is 0 Å². The number of hydrogen-bond donors (Lipinski definition) is 1. The first-order valence-electron chi connectivity index (χ1n) is 9.92. The molecule has 0 aliphatic carbocycles. The maximum absolute atomic E-state index is 13.4. The Morgan fingerprint density at radius 3 is 2.47 bits per heavy atom. The number of rotatable bonds is 8. The number of sulfonamides is 1. The fraction of sp³-hybridized carbons (Fsp3) is 0.167. The van der Waals surface area contributed by atoms with Crippen LogP contribution in [0.15, 0.2) is 82.8 Å². The molecule has 3 aromatic carbocycles. The Bertz CT molecular complexity index is 1230. The minimum Gasteiger partial charge on any atom is -0.497 e. The van der Waals surface area contributed by atoms with Crippen LogP contribution in [0.5, 0.6) is 5.75 Å². The molecule has 8 heteroatoms. The van der Waals surface area contributed by atoms with Crippen LogP contribution in [0.1, 0.15) is 16.7 Å². The van der Waals surface area contributed by atoms with Gasteiger partial charge in [0, 0.05) is 0 Å². The number of hydrogen-bond acceptors (Lipinski definition) is 5. The second-order valence-electron chi connectivity index (χ2n) is 7.18. The van der Waals surface area contributed by atoms with Crippen molar-refractivity contribution in [2.45, 2.75) is 18.7 Å². The van der Waals surface area contributed by atoms with Crippen molar-refractivity contribution < 1.29 is 17.9 Å². The molecule has 0 aromatic heterocycles. The zero-order valence-electron chi connectivity index (χ0n) is 18.1. The number of ether oxygens (including phenoxy) is 1. The average molecular weight is 452 g/mol. The summed E-state index contributed by atoms with van der Waals surface area (Å²) in [5.74, 6) is 0.0962. The van der Waals surface area contributed by atoms with E-state index >= 15 is 0 Å². The summed E-state index contributed by atoms with van der Waals surface area (Å²) in [5.41, 5.74) is 5.32. The lowest BCUT2D eigenvalue weighted by Gasteiger charge is -2.25. The van der Waals surface area contributed by atoms with Crippen molar-refractivity contribution >= 4 is 27.8 Å². The Balaban J connectivity index is 1.85. The monoisotopic (exact) mass is 451 g/mol. The molecule has 32 heavy (non-hydrogen) atoms. The summed E-state index contributed by atoms with van der Waals surface area (Å²) in [6.07, 6.45) is 1.47. The highest BCUT2D eigenvalue weighted by Crippen LogP contribution is 2.27. The van der Waals surface area contributed by atoms with Crippen LogP contribution in [0.2, 0.25) is 0 Å². The van der Waals surface area contributed by atoms with Crippen LogP contribution in [-0.2, 0) is 14.8 Å². The molecule has 0 fully saturated rings. The van der Waals surface area contributed by atoms with Crippen molar-refractivity contribution in [1.29, 1.82) is 0 Å². The van der Waals surface area contributed by atoms with Gasteiger partial charge in [0.1, 0.15) is 12.3 Å². The third-order valence-electron chi connectivity index (χ3n) is 4.74. The van der Waals surface area contributed by atoms with Gasteiger partial charge in [-0.2, -0.15) is 5.10 Å². The molecular formula is C24H25N3O4S. The zero-order chi connectivity index (χ0) is 23.1. The number of hydrazone groups is 1. The number of aryl methyl sites for hydroxylation is 2. The number of carbonyl (C=O) groups excluding carboxylic acids is 1. The molecule has 0 radical (unpaired) electrons. The molecular weight excluding hydrogens is 426 g/mol. The topological polar surface area (TPSA) is 88.1 Å². The molecule has 0 bridgehead atoms. The van der Waals surface area contributed by atoms with Crippen LogP contribution >= 0.6 is 0 Å². The number of methoxy groups -OCH3 is 1. The highest BCUT2D eigenvalue weighted by molar-refractivity contribution is 7.92. The van der Waals surface area contributed by atoms with Crippen LogP contribution in [0, 0.1) is 13.8 Å². The van der Waals surface area contributed by atoms with Crippen LogP contribution in [0.4, 0.5) is 5.69 Å². The summed E-state index contributed by atoms with van der Waals surface area (Å²) in [5, 5.41) is 3.95. The molecule has 0 aliphatic rings. The largest absolute Gasteiger partial charge is 0.497 e. The van der Waals surface area contributed by atoms with Gasteiger partial charge in [0.05, 0.1) is 23.9 Å². The van der Waals surface area contributed by atoms with E-state index in [4.69, 9.17) is 4.74 Å². The highest BCUT2D eigenvalue weighted by atomic mass is 32.2. The Kier molecular flexibility index (Phi) is 7.27. The van der Waals surface area contributed by atoms with Gasteiger partial charge < -0.3 is 4.74 Å². The molecule has 0 saturated carbocycles. The Labute approximate surface area is 188 Å². The quantitative estimate of drug-likeness (QED) is 0.418. The first kappa shape index (κ1) is 23.0. The van der Waals surface area contributed by atoms with Gasteiger partial charge in [-0.3, -0.25) is 9.10 Å². The van der Waals surface area contributed by atoms with E-state index in [2.05, 4.69) is 10.5 Å². The van der Waals surface area contributed by atoms with E-state index in [0.29, 0.717) is 11.4 Å². The van der Waals surface area contributed by atoms with Crippen molar-refractivity contribution in [3.05, 3.63) is 89.5 Å². The summed E-state index contributed by atoms with van der Waals surface area (Å²) in [7, 11) is -2.40. The van der Waals surface area contributed by atoms with E-state index in [1.165, 1.54) is 18.3 Å². The lowest BCUT2D eigenvalue weighted by atomic mass is 10.1. The maximum atomic E-state index is 13.4. The predicted octanol–water partition coefficient (Wildman–Crippen LogP) is 3.66. The van der Waals surface area contributed by atoms with E-state index in [-0.39, 0.29) is 4.90 Å². The smallest absolute Gasteiger partial charge is 0.264 e. The molecule has 0 spiro atoms. The van der Waals surface area contributed by atoms with Crippen LogP contribution in [-0.4, -0.2) is 34.2 Å². The molecule has 0 heterocycles. The minimum absolute atomic E-state index is 0.104. The lowest BCUT2D eigenvalue weighted by Crippen LogP contribution is -2.40. The van der Waals surface area contributed by atoms with Crippen LogP contribution < -0.4 is 14.5 Å². The van der Waals surface area contributed by atoms with Gasteiger partial charge in [-0.25, -0.2) is 13.8 Å². The van der Waals surface area contributed by atoms with Gasteiger partial charge >= 0.3 is 0 Å². The van der Waals surface area contributed by atoms with E-state index in [1.54, 1.807) is 55.6 Å². The fourth-order valence-electron chi connectivity index (χ4n) is 3.17. The van der Waals surface area contributed by atoms with Crippen molar-refractivity contribution in [3.63, 3.8) is 0 Å². The minimum atomic E-state index is -3.97. The first-order valence-corrected chi connectivity index (χ1v) is 11.4. The van der Waals surface area contributed by atoms with Gasteiger partial charge in [-0.05, 0) is 55.3 Å². The van der Waals surface area contributed by atoms with E-state index in [0.717, 1.165) is 21.0 Å². The normalized spacial score (nSPS) is 11.3. The summed E-state index contributed by atoms with van der Waals surface area (Å²) in [6, 6.07) is 20.6. The molecule has 166 valence electrons. The third kappa shape index (κ3) is 5.53. The average Bonchev–Trinajstić information content (AvgIpc) is 2.78. The number of nitrogens with zero attached hydrogens (tertiary/aromatic N) is 2. The molecule has 1 N–H and O–H groups in total. The molecule has 3 aromatic rings. The van der Waals surface area contributed by atoms with Crippen molar-refractivity contribution in [1.82, 2.24) is 5.43 Å². The summed E-state index contributed by atoms with van der Waals surface area (Å²) >= 11 is 0. The van der Waals surface area contributed by atoms with Crippen molar-refractivity contribution in [3.8, 4) is 5.75 Å². The Morgan fingerprint density at radius 2 is 1.78 bits per heavy atom. The molecule has 0 aliphatic heterocycles. The predicted molar refractivity (Wildman–Crippen MR) is 126 cm³/mol. The SMILES string of the molecule is COc1cccc(/C=N\NC(=O)CN(c2ccc(C)cc2C)S(=O)(=O)c2ccccc2)c1. The number of anilines is 1. The summed E-state index contributed by atoms with van der Waals surface area (Å²) < 4.78 is 33.0. The fourth-order valence-corrected chi connectivity index (χ4v) is 4.68. The van der Waals surface area contributed by atoms with Gasteiger partial charge in [0.2, 0.25) is 0 Å². The third-order valence-corrected chi connectivity index (χ3v) is 6.51. The van der Waals surface area contributed by atoms with Gasteiger partial charge in [0.15, 0.2) is 0 Å². The van der Waals surface area contributed by atoms with Crippen LogP contribution in [0.25, 0.3) is 0 Å². The zero-order valence-corrected chi connectivity index (χ0v) is 19.0. The second-order valence-corrected chi connectivity index (χ2v) is 9.05. The second kappa shape index (κ2) is 10.1. The Morgan fingerprint density at radius 1 is 1.03 bits per heavy atom. The maximum Gasteiger partial charge on any atom is 0.264 e. The van der Waals surface area contributed by atoms with Crippen molar-refractivity contribution in [2.24, 2.45) is 5.10 Å². The van der Waals surface area contributed by atoms with E-state index in [9.17, 15) is 13.2 Å². The van der Waals surface area contributed by atoms with Gasteiger partial charge in [0.25, 0.3) is 15.9 Å². The molecule has 0 saturated heterocycles. The van der Waals surface area contributed by atoms with Crippen LogP contribution in [0.3, 0.4) is 0 Å². The highest BCUT2D eigenvalue weighted by Gasteiger charge is 2.28. The Hall–Kier alpha value is -3.65. The first-order chi connectivity index (χ1) is 15.3. The number of carbonyl (C=O) groups is 1. The lowest BCUT2D eigenvalue weighted by molar-refractivity contribution is -0.119. The van der Waals surface area contributed by atoms with E-state index in [1.807, 2.05) is 26.0 Å². The summed E-state index contributed by atoms with van der Waals surface area (Å²) in [4.78, 5) is 12.7. The number of nitrogens with one attached hydrogen (secondary N) is 1. The van der Waals surface area contributed by atoms with E-state index < -0.39 is 22.5 Å². The molecule has 0 atom stereocenters. The molecule has 0 unspecified atom stereocenters. The molecule has 7 nitrogen and oxygen atoms in total. The summed E-state index contributed by atoms with van der Waals surface area (Å²) in [6.45, 7) is 3.32. The van der Waals surface area contributed by atoms with Crippen molar-refractivity contribution in [2.75, 3.05) is 18.0 Å². The standard InChI is InChI=1S/C24H25N3O4S/c1-18-12-13-23(19(2)14-18)27(32(29,30)22-10-5-4-6-11-22)17-24(28)26-25-16-20-8-7-9-21(15-20)31-3/h4-16H,17H2,1-3H3,(H,26,28)/b25-16-. The number of amides is 1. The number of benzene rings is 3. The molecule has 1 amide bonds. The van der Waals surface area contributed by atoms with Gasteiger partial charge in [-0.1, -0.05) is 48.0 Å². The molecule has 3 rings (SSSR count).